The first-order valence-electron chi connectivity index (χ1n) is 8.10. The van der Waals surface area contributed by atoms with E-state index in [1.54, 1.807) is 12.1 Å². The van der Waals surface area contributed by atoms with Crippen molar-refractivity contribution in [2.45, 2.75) is 43.6 Å². The van der Waals surface area contributed by atoms with Crippen LogP contribution in [0.1, 0.15) is 25.3 Å². The summed E-state index contributed by atoms with van der Waals surface area (Å²) in [4.78, 5) is 4.60. The Morgan fingerprint density at radius 2 is 1.88 bits per heavy atom. The number of nitrogens with zero attached hydrogens (tertiary/aromatic N) is 2. The van der Waals surface area contributed by atoms with E-state index in [4.69, 9.17) is 23.2 Å². The van der Waals surface area contributed by atoms with E-state index in [0.29, 0.717) is 34.0 Å². The second-order valence-electron chi connectivity index (χ2n) is 6.71. The summed E-state index contributed by atoms with van der Waals surface area (Å²) >= 11 is 12.3. The van der Waals surface area contributed by atoms with Gasteiger partial charge in [0.1, 0.15) is 6.10 Å². The van der Waals surface area contributed by atoms with Crippen molar-refractivity contribution in [3.05, 3.63) is 22.2 Å². The number of anilines is 1. The van der Waals surface area contributed by atoms with Gasteiger partial charge >= 0.3 is 0 Å². The van der Waals surface area contributed by atoms with Crippen molar-refractivity contribution in [3.8, 4) is 0 Å². The number of nitrogens with one attached hydrogen (secondary N) is 1. The molecular formula is C16H19Cl2N3O3. The van der Waals surface area contributed by atoms with Crippen LogP contribution in [0.25, 0.3) is 11.0 Å². The standard InChI is InChI=1S/C16H19Cl2N3O3/c17-9-4-11-12(5-10(9)18)21(16(20-11)19-8-1-2-8)13-3-7(6-22)14(23)15(13)24/h4-5,7-8,13-15,22-24H,1-3,6H2,(H,19,20)/t7?,13-,14?,15?/m0/s1. The second-order valence-corrected chi connectivity index (χ2v) is 7.52. The fourth-order valence-corrected chi connectivity index (χ4v) is 3.79. The molecule has 130 valence electrons. The Balaban J connectivity index is 1.83. The minimum absolute atomic E-state index is 0.167. The van der Waals surface area contributed by atoms with E-state index in [9.17, 15) is 15.3 Å². The molecule has 6 nitrogen and oxygen atoms in total. The molecule has 0 radical (unpaired) electrons. The predicted molar refractivity (Wildman–Crippen MR) is 92.6 cm³/mol. The molecule has 1 heterocycles. The van der Waals surface area contributed by atoms with E-state index in [0.717, 1.165) is 18.4 Å². The summed E-state index contributed by atoms with van der Waals surface area (Å²) in [5.74, 6) is 0.277. The molecule has 2 aromatic rings. The highest BCUT2D eigenvalue weighted by Gasteiger charge is 2.43. The maximum Gasteiger partial charge on any atom is 0.204 e. The highest BCUT2D eigenvalue weighted by atomic mass is 35.5. The van der Waals surface area contributed by atoms with Crippen molar-refractivity contribution in [2.24, 2.45) is 5.92 Å². The van der Waals surface area contributed by atoms with Crippen LogP contribution in [-0.4, -0.2) is 49.7 Å². The predicted octanol–water partition coefficient (Wildman–Crippen LogP) is 2.19. The van der Waals surface area contributed by atoms with Gasteiger partial charge in [0.2, 0.25) is 5.95 Å². The lowest BCUT2D eigenvalue weighted by molar-refractivity contribution is -0.00345. The lowest BCUT2D eigenvalue weighted by Gasteiger charge is -2.21. The van der Waals surface area contributed by atoms with Gasteiger partial charge in [-0.25, -0.2) is 4.98 Å². The van der Waals surface area contributed by atoms with Gasteiger partial charge in [0.15, 0.2) is 0 Å². The Bertz CT molecular complexity index is 778. The molecule has 24 heavy (non-hydrogen) atoms. The Morgan fingerprint density at radius 1 is 1.17 bits per heavy atom. The van der Waals surface area contributed by atoms with Crippen molar-refractivity contribution in [3.63, 3.8) is 0 Å². The van der Waals surface area contributed by atoms with Gasteiger partial charge < -0.3 is 25.2 Å². The Labute approximate surface area is 149 Å². The SMILES string of the molecule is OCC1C[C@H](n2c(NC3CC3)nc3cc(Cl)c(Cl)cc32)C(O)C1O. The summed E-state index contributed by atoms with van der Waals surface area (Å²) in [6.45, 7) is -0.167. The smallest absolute Gasteiger partial charge is 0.204 e. The van der Waals surface area contributed by atoms with Crippen molar-refractivity contribution >= 4 is 40.2 Å². The molecule has 4 atom stereocenters. The number of rotatable bonds is 4. The van der Waals surface area contributed by atoms with E-state index in [2.05, 4.69) is 10.3 Å². The van der Waals surface area contributed by atoms with E-state index in [-0.39, 0.29) is 18.6 Å². The first-order valence-corrected chi connectivity index (χ1v) is 8.85. The van der Waals surface area contributed by atoms with Crippen molar-refractivity contribution in [1.82, 2.24) is 9.55 Å². The number of halogens is 2. The number of aromatic nitrogens is 2. The molecule has 0 saturated heterocycles. The molecule has 0 aliphatic heterocycles. The van der Waals surface area contributed by atoms with Gasteiger partial charge in [0, 0.05) is 18.6 Å². The lowest BCUT2D eigenvalue weighted by atomic mass is 10.1. The third-order valence-corrected chi connectivity index (χ3v) is 5.70. The average Bonchev–Trinajstić information content (AvgIpc) is 3.25. The fraction of sp³-hybridized carbons (Fsp3) is 0.562. The third-order valence-electron chi connectivity index (χ3n) is 4.98. The van der Waals surface area contributed by atoms with Crippen molar-refractivity contribution in [1.29, 1.82) is 0 Å². The molecule has 4 rings (SSSR count). The minimum Gasteiger partial charge on any atom is -0.396 e. The van der Waals surface area contributed by atoms with Crippen molar-refractivity contribution in [2.75, 3.05) is 11.9 Å². The number of imidazole rings is 1. The number of hydrogen-bond donors (Lipinski definition) is 4. The number of benzene rings is 1. The molecule has 2 aliphatic carbocycles. The summed E-state index contributed by atoms with van der Waals surface area (Å²) in [5.41, 5.74) is 1.43. The van der Waals surface area contributed by atoms with Crippen LogP contribution in [0.15, 0.2) is 12.1 Å². The Kier molecular flexibility index (Phi) is 4.13. The topological polar surface area (TPSA) is 90.5 Å². The molecular weight excluding hydrogens is 353 g/mol. The van der Waals surface area contributed by atoms with Gasteiger partial charge in [-0.15, -0.1) is 0 Å². The van der Waals surface area contributed by atoms with Crippen molar-refractivity contribution < 1.29 is 15.3 Å². The fourth-order valence-electron chi connectivity index (χ4n) is 3.47. The molecule has 0 bridgehead atoms. The quantitative estimate of drug-likeness (QED) is 0.661. The summed E-state index contributed by atoms with van der Waals surface area (Å²) in [5, 5.41) is 34.3. The number of hydrogen-bond acceptors (Lipinski definition) is 5. The molecule has 0 amide bonds. The maximum absolute atomic E-state index is 10.5. The van der Waals surface area contributed by atoms with Crippen LogP contribution in [0.3, 0.4) is 0 Å². The summed E-state index contributed by atoms with van der Waals surface area (Å²) in [6.07, 6.45) is 0.687. The highest BCUT2D eigenvalue weighted by molar-refractivity contribution is 6.42. The van der Waals surface area contributed by atoms with Gasteiger partial charge in [0.05, 0.1) is 33.2 Å². The molecule has 2 fully saturated rings. The molecule has 3 unspecified atom stereocenters. The van der Waals surface area contributed by atoms with E-state index in [1.807, 2.05) is 4.57 Å². The zero-order chi connectivity index (χ0) is 17.0. The molecule has 8 heteroatoms. The van der Waals surface area contributed by atoms with Crippen LogP contribution in [0, 0.1) is 5.92 Å². The van der Waals surface area contributed by atoms with Crippen LogP contribution < -0.4 is 5.32 Å². The highest BCUT2D eigenvalue weighted by Crippen LogP contribution is 2.41. The lowest BCUT2D eigenvalue weighted by Crippen LogP contribution is -2.30. The van der Waals surface area contributed by atoms with Gasteiger partial charge in [-0.1, -0.05) is 23.2 Å². The molecule has 1 aromatic heterocycles. The van der Waals surface area contributed by atoms with E-state index >= 15 is 0 Å². The Hall–Kier alpha value is -1.05. The van der Waals surface area contributed by atoms with Gasteiger partial charge in [-0.3, -0.25) is 0 Å². The maximum atomic E-state index is 10.5. The minimum atomic E-state index is -0.978. The van der Waals surface area contributed by atoms with Crippen LogP contribution in [0.2, 0.25) is 10.0 Å². The van der Waals surface area contributed by atoms with E-state index < -0.39 is 12.2 Å². The molecule has 4 N–H and O–H groups in total. The first-order chi connectivity index (χ1) is 11.5. The van der Waals surface area contributed by atoms with Gasteiger partial charge in [0.25, 0.3) is 0 Å². The zero-order valence-electron chi connectivity index (χ0n) is 12.9. The van der Waals surface area contributed by atoms with E-state index in [1.165, 1.54) is 0 Å². The summed E-state index contributed by atoms with van der Waals surface area (Å²) in [6, 6.07) is 3.43. The second kappa shape index (κ2) is 6.04. The number of aliphatic hydroxyl groups is 3. The van der Waals surface area contributed by atoms with Crippen LogP contribution in [0.5, 0.6) is 0 Å². The Morgan fingerprint density at radius 3 is 2.50 bits per heavy atom. The molecule has 2 aliphatic rings. The van der Waals surface area contributed by atoms with Crippen LogP contribution in [0.4, 0.5) is 5.95 Å². The summed E-state index contributed by atoms with van der Waals surface area (Å²) < 4.78 is 1.89. The molecule has 1 aromatic carbocycles. The van der Waals surface area contributed by atoms with Crippen LogP contribution >= 0.6 is 23.2 Å². The average molecular weight is 372 g/mol. The third kappa shape index (κ3) is 2.66. The zero-order valence-corrected chi connectivity index (χ0v) is 14.4. The number of aliphatic hydroxyl groups excluding tert-OH is 3. The summed E-state index contributed by atoms with van der Waals surface area (Å²) in [7, 11) is 0. The molecule has 0 spiro atoms. The first kappa shape index (κ1) is 16.4. The monoisotopic (exact) mass is 371 g/mol. The van der Waals surface area contributed by atoms with Gasteiger partial charge in [-0.2, -0.15) is 0 Å². The number of fused-ring (bicyclic) bond motifs is 1. The normalized spacial score (nSPS) is 30.2. The molecule has 2 saturated carbocycles. The van der Waals surface area contributed by atoms with Gasteiger partial charge in [-0.05, 0) is 31.4 Å². The largest absolute Gasteiger partial charge is 0.396 e. The van der Waals surface area contributed by atoms with Crippen LogP contribution in [-0.2, 0) is 0 Å².